The fraction of sp³-hybridized carbons (Fsp3) is 0.273. The summed E-state index contributed by atoms with van der Waals surface area (Å²) >= 11 is 12.3. The molecule has 0 saturated heterocycles. The molecule has 3 rings (SSSR count). The molecule has 2 aromatic carbocycles. The number of aliphatic carboxylic acids is 1. The first-order valence-electron chi connectivity index (χ1n) is 10.1. The maximum atomic E-state index is 13.0. The van der Waals surface area contributed by atoms with Gasteiger partial charge in [0.1, 0.15) is 24.8 Å². The number of aliphatic hydroxyl groups is 1. The van der Waals surface area contributed by atoms with Gasteiger partial charge in [0.25, 0.3) is 5.91 Å². The van der Waals surface area contributed by atoms with E-state index in [4.69, 9.17) is 23.2 Å². The molecule has 0 aliphatic rings. The Labute approximate surface area is 207 Å². The number of carbonyl (C=O) groups excluding carboxylic acids is 1. The Morgan fingerprint density at radius 1 is 1.09 bits per heavy atom. The third-order valence-electron chi connectivity index (χ3n) is 5.19. The smallest absolute Gasteiger partial charge is 0.416 e. The minimum absolute atomic E-state index is 0.135. The standard InChI is InChI=1S/C22H19Cl2F3N4O4/c23-16-5-6-17(18(24)9-16)21(35,11-31-13-28-12-29-31)7-8-30(10-19(32)33)20(34)14-1-3-15(4-2-14)22(25,26)27/h1-6,9,12-13,35H,7-8,10-11H2,(H,32,33). The number of hydrogen-bond acceptors (Lipinski definition) is 5. The lowest BCUT2D eigenvalue weighted by Crippen LogP contribution is -2.41. The monoisotopic (exact) mass is 530 g/mol. The zero-order chi connectivity index (χ0) is 25.8. The Bertz CT molecular complexity index is 1190. The number of halogens is 5. The zero-order valence-corrected chi connectivity index (χ0v) is 19.4. The van der Waals surface area contributed by atoms with Crippen LogP contribution in [0.4, 0.5) is 13.2 Å². The molecular formula is C22H19Cl2F3N4O4. The predicted molar refractivity (Wildman–Crippen MR) is 120 cm³/mol. The fourth-order valence-corrected chi connectivity index (χ4v) is 4.05. The molecule has 0 radical (unpaired) electrons. The van der Waals surface area contributed by atoms with E-state index in [2.05, 4.69) is 10.1 Å². The van der Waals surface area contributed by atoms with Crippen LogP contribution in [-0.4, -0.2) is 54.8 Å². The van der Waals surface area contributed by atoms with Crippen molar-refractivity contribution in [3.05, 3.63) is 81.9 Å². The van der Waals surface area contributed by atoms with E-state index < -0.39 is 35.8 Å². The second-order valence-corrected chi connectivity index (χ2v) is 8.54. The second kappa shape index (κ2) is 10.6. The number of carboxylic acids is 1. The maximum absolute atomic E-state index is 13.0. The van der Waals surface area contributed by atoms with Crippen LogP contribution < -0.4 is 0 Å². The van der Waals surface area contributed by atoms with Crippen LogP contribution in [0.25, 0.3) is 0 Å². The molecule has 1 unspecified atom stereocenters. The molecule has 1 amide bonds. The SMILES string of the molecule is O=C(O)CN(CCC(O)(Cn1cncn1)c1ccc(Cl)cc1Cl)C(=O)c1ccc(C(F)(F)F)cc1. The average molecular weight is 531 g/mol. The van der Waals surface area contributed by atoms with E-state index in [1.54, 1.807) is 0 Å². The number of nitrogens with zero attached hydrogens (tertiary/aromatic N) is 4. The highest BCUT2D eigenvalue weighted by Crippen LogP contribution is 2.35. The minimum Gasteiger partial charge on any atom is -0.480 e. The van der Waals surface area contributed by atoms with E-state index in [1.165, 1.54) is 35.5 Å². The molecule has 8 nitrogen and oxygen atoms in total. The van der Waals surface area contributed by atoms with Gasteiger partial charge in [-0.15, -0.1) is 0 Å². The predicted octanol–water partition coefficient (Wildman–Crippen LogP) is 4.11. The van der Waals surface area contributed by atoms with Gasteiger partial charge in [-0.3, -0.25) is 9.59 Å². The molecule has 0 aliphatic carbocycles. The first-order valence-corrected chi connectivity index (χ1v) is 10.8. The second-order valence-electron chi connectivity index (χ2n) is 7.69. The van der Waals surface area contributed by atoms with Crippen LogP contribution in [0.3, 0.4) is 0 Å². The van der Waals surface area contributed by atoms with E-state index in [0.29, 0.717) is 5.02 Å². The van der Waals surface area contributed by atoms with E-state index >= 15 is 0 Å². The topological polar surface area (TPSA) is 109 Å². The summed E-state index contributed by atoms with van der Waals surface area (Å²) in [7, 11) is 0. The van der Waals surface area contributed by atoms with Gasteiger partial charge in [-0.05, 0) is 42.8 Å². The summed E-state index contributed by atoms with van der Waals surface area (Å²) in [5, 5.41) is 25.3. The van der Waals surface area contributed by atoms with Gasteiger partial charge in [0, 0.05) is 27.7 Å². The number of aromatic nitrogens is 3. The molecule has 0 saturated carbocycles. The third kappa shape index (κ3) is 6.71. The van der Waals surface area contributed by atoms with Crippen LogP contribution in [0, 0.1) is 0 Å². The fourth-order valence-electron chi connectivity index (χ4n) is 3.47. The van der Waals surface area contributed by atoms with Crippen LogP contribution in [0.15, 0.2) is 55.1 Å². The van der Waals surface area contributed by atoms with E-state index in [1.807, 2.05) is 0 Å². The Balaban J connectivity index is 1.89. The molecule has 0 spiro atoms. The van der Waals surface area contributed by atoms with Gasteiger partial charge in [0.05, 0.1) is 12.1 Å². The summed E-state index contributed by atoms with van der Waals surface area (Å²) in [6, 6.07) is 7.85. The van der Waals surface area contributed by atoms with Crippen LogP contribution >= 0.6 is 23.2 Å². The van der Waals surface area contributed by atoms with Crippen molar-refractivity contribution in [2.75, 3.05) is 13.1 Å². The lowest BCUT2D eigenvalue weighted by Gasteiger charge is -2.32. The quantitative estimate of drug-likeness (QED) is 0.431. The van der Waals surface area contributed by atoms with Crippen molar-refractivity contribution in [1.29, 1.82) is 0 Å². The highest BCUT2D eigenvalue weighted by Gasteiger charge is 2.35. The van der Waals surface area contributed by atoms with E-state index in [0.717, 1.165) is 29.2 Å². The van der Waals surface area contributed by atoms with Gasteiger partial charge in [-0.25, -0.2) is 9.67 Å². The van der Waals surface area contributed by atoms with Crippen LogP contribution in [0.1, 0.15) is 27.9 Å². The summed E-state index contributed by atoms with van der Waals surface area (Å²) in [6.07, 6.45) is -2.15. The third-order valence-corrected chi connectivity index (χ3v) is 5.74. The largest absolute Gasteiger partial charge is 0.480 e. The summed E-state index contributed by atoms with van der Waals surface area (Å²) in [4.78, 5) is 29.1. The van der Waals surface area contributed by atoms with Crippen molar-refractivity contribution in [1.82, 2.24) is 19.7 Å². The lowest BCUT2D eigenvalue weighted by molar-refractivity contribution is -0.138. The molecule has 3 aromatic rings. The molecule has 35 heavy (non-hydrogen) atoms. The molecule has 13 heteroatoms. The molecule has 0 bridgehead atoms. The molecule has 1 aromatic heterocycles. The summed E-state index contributed by atoms with van der Waals surface area (Å²) in [5.74, 6) is -2.15. The number of carboxylic acid groups (broad SMARTS) is 1. The Morgan fingerprint density at radius 2 is 1.77 bits per heavy atom. The number of amides is 1. The van der Waals surface area contributed by atoms with Crippen molar-refractivity contribution in [2.24, 2.45) is 0 Å². The summed E-state index contributed by atoms with van der Waals surface area (Å²) in [5.41, 5.74) is -2.55. The number of hydrogen-bond donors (Lipinski definition) is 2. The highest BCUT2D eigenvalue weighted by atomic mass is 35.5. The van der Waals surface area contributed by atoms with Gasteiger partial charge in [0.2, 0.25) is 0 Å². The van der Waals surface area contributed by atoms with Crippen molar-refractivity contribution >= 4 is 35.1 Å². The number of carbonyl (C=O) groups is 2. The Morgan fingerprint density at radius 3 is 2.31 bits per heavy atom. The molecule has 186 valence electrons. The van der Waals surface area contributed by atoms with Gasteiger partial charge in [-0.2, -0.15) is 18.3 Å². The van der Waals surface area contributed by atoms with Gasteiger partial charge < -0.3 is 15.1 Å². The van der Waals surface area contributed by atoms with Gasteiger partial charge >= 0.3 is 12.1 Å². The molecule has 0 fully saturated rings. The van der Waals surface area contributed by atoms with Crippen molar-refractivity contribution in [2.45, 2.75) is 24.7 Å². The highest BCUT2D eigenvalue weighted by molar-refractivity contribution is 6.35. The van der Waals surface area contributed by atoms with E-state index in [9.17, 15) is 33.0 Å². The van der Waals surface area contributed by atoms with Crippen molar-refractivity contribution in [3.8, 4) is 0 Å². The van der Waals surface area contributed by atoms with E-state index in [-0.39, 0.29) is 35.7 Å². The summed E-state index contributed by atoms with van der Waals surface area (Å²) < 4.78 is 39.9. The van der Waals surface area contributed by atoms with Crippen LogP contribution in [0.2, 0.25) is 10.0 Å². The number of rotatable bonds is 9. The molecule has 1 atom stereocenters. The minimum atomic E-state index is -4.59. The van der Waals surface area contributed by atoms with Crippen molar-refractivity contribution < 1.29 is 33.0 Å². The van der Waals surface area contributed by atoms with Crippen LogP contribution in [-0.2, 0) is 23.1 Å². The lowest BCUT2D eigenvalue weighted by atomic mass is 9.89. The zero-order valence-electron chi connectivity index (χ0n) is 17.9. The molecule has 0 aliphatic heterocycles. The van der Waals surface area contributed by atoms with Gasteiger partial charge in [0.15, 0.2) is 0 Å². The number of alkyl halides is 3. The Kier molecular flexibility index (Phi) is 8.04. The average Bonchev–Trinajstić information content (AvgIpc) is 3.28. The van der Waals surface area contributed by atoms with Crippen LogP contribution in [0.5, 0.6) is 0 Å². The maximum Gasteiger partial charge on any atom is 0.416 e. The normalized spacial score (nSPS) is 13.3. The Hall–Kier alpha value is -3.15. The molecular weight excluding hydrogens is 512 g/mol. The summed E-state index contributed by atoms with van der Waals surface area (Å²) in [6.45, 7) is -1.15. The van der Waals surface area contributed by atoms with Gasteiger partial charge in [-0.1, -0.05) is 29.3 Å². The molecule has 2 N–H and O–H groups in total. The van der Waals surface area contributed by atoms with Crippen molar-refractivity contribution in [3.63, 3.8) is 0 Å². The molecule has 1 heterocycles. The first kappa shape index (κ1) is 26.5. The first-order chi connectivity index (χ1) is 16.4. The number of benzene rings is 2.